The van der Waals surface area contributed by atoms with Crippen molar-refractivity contribution in [3.8, 4) is 11.8 Å². The van der Waals surface area contributed by atoms with E-state index < -0.39 is 0 Å². The molecule has 2 aromatic rings. The number of nitrogens with zero attached hydrogens (tertiary/aromatic N) is 4. The lowest BCUT2D eigenvalue weighted by Gasteiger charge is -1.99. The summed E-state index contributed by atoms with van der Waals surface area (Å²) >= 11 is 0. The van der Waals surface area contributed by atoms with E-state index in [1.165, 1.54) is 4.80 Å². The molecule has 0 aliphatic carbocycles. The Hall–Kier alpha value is -2.61. The van der Waals surface area contributed by atoms with Gasteiger partial charge in [0.1, 0.15) is 6.07 Å². The third-order valence-corrected chi connectivity index (χ3v) is 2.40. The molecule has 1 aromatic heterocycles. The summed E-state index contributed by atoms with van der Waals surface area (Å²) in [6.45, 7) is 6.16. The van der Waals surface area contributed by atoms with Crippen LogP contribution in [0.3, 0.4) is 0 Å². The first-order valence-corrected chi connectivity index (χ1v) is 5.54. The molecule has 0 saturated carbocycles. The normalized spacial score (nSPS) is 9.78. The average Bonchev–Trinajstić information content (AvgIpc) is 2.80. The van der Waals surface area contributed by atoms with Crippen molar-refractivity contribution in [2.24, 2.45) is 0 Å². The predicted molar refractivity (Wildman–Crippen MR) is 69.5 cm³/mol. The van der Waals surface area contributed by atoms with E-state index in [2.05, 4.69) is 22.1 Å². The molecule has 0 spiro atoms. The van der Waals surface area contributed by atoms with E-state index >= 15 is 0 Å². The van der Waals surface area contributed by atoms with Gasteiger partial charge in [-0.25, -0.2) is 0 Å². The number of nitriles is 1. The number of anilines is 1. The van der Waals surface area contributed by atoms with Gasteiger partial charge in [0.2, 0.25) is 5.69 Å². The van der Waals surface area contributed by atoms with Crippen molar-refractivity contribution in [2.75, 3.05) is 11.9 Å². The van der Waals surface area contributed by atoms with Gasteiger partial charge >= 0.3 is 0 Å². The lowest BCUT2D eigenvalue weighted by Crippen LogP contribution is -2.01. The minimum Gasteiger partial charge on any atom is -0.363 e. The van der Waals surface area contributed by atoms with Gasteiger partial charge in [-0.15, -0.1) is 21.6 Å². The molecule has 1 N–H and O–H groups in total. The van der Waals surface area contributed by atoms with Crippen LogP contribution < -0.4 is 5.32 Å². The Balaban J connectivity index is 2.34. The van der Waals surface area contributed by atoms with E-state index in [9.17, 15) is 0 Å². The highest BCUT2D eigenvalue weighted by Crippen LogP contribution is 2.13. The minimum atomic E-state index is 0.275. The molecule has 0 unspecified atom stereocenters. The highest BCUT2D eigenvalue weighted by molar-refractivity contribution is 5.48. The van der Waals surface area contributed by atoms with Crippen LogP contribution in [-0.4, -0.2) is 21.5 Å². The zero-order chi connectivity index (χ0) is 13.0. The summed E-state index contributed by atoms with van der Waals surface area (Å²) < 4.78 is 0. The minimum absolute atomic E-state index is 0.275. The molecule has 18 heavy (non-hydrogen) atoms. The van der Waals surface area contributed by atoms with Gasteiger partial charge in [0.15, 0.2) is 5.82 Å². The van der Waals surface area contributed by atoms with Crippen molar-refractivity contribution in [2.45, 2.75) is 6.92 Å². The Labute approximate surface area is 105 Å². The fourth-order valence-electron chi connectivity index (χ4n) is 1.46. The van der Waals surface area contributed by atoms with Gasteiger partial charge in [-0.3, -0.25) is 0 Å². The van der Waals surface area contributed by atoms with Crippen LogP contribution >= 0.6 is 0 Å². The third kappa shape index (κ3) is 2.38. The number of aryl methyl sites for hydroxylation is 1. The average molecular weight is 239 g/mol. The molecule has 2 rings (SSSR count). The first kappa shape index (κ1) is 11.9. The van der Waals surface area contributed by atoms with Crippen molar-refractivity contribution in [1.29, 1.82) is 5.26 Å². The number of nitrogens with one attached hydrogen (secondary N) is 1. The van der Waals surface area contributed by atoms with Crippen LogP contribution in [0, 0.1) is 18.3 Å². The Kier molecular flexibility index (Phi) is 3.39. The van der Waals surface area contributed by atoms with Crippen LogP contribution in [0.5, 0.6) is 0 Å². The lowest BCUT2D eigenvalue weighted by atomic mass is 10.2. The van der Waals surface area contributed by atoms with Crippen molar-refractivity contribution in [1.82, 2.24) is 15.0 Å². The molecule has 0 radical (unpaired) electrons. The number of benzene rings is 1. The highest BCUT2D eigenvalue weighted by atomic mass is 15.5. The second-order valence-corrected chi connectivity index (χ2v) is 3.80. The van der Waals surface area contributed by atoms with Crippen LogP contribution in [0.15, 0.2) is 36.9 Å². The lowest BCUT2D eigenvalue weighted by molar-refractivity contribution is 0.750. The van der Waals surface area contributed by atoms with Gasteiger partial charge in [0.25, 0.3) is 0 Å². The van der Waals surface area contributed by atoms with E-state index in [1.807, 2.05) is 37.3 Å². The summed E-state index contributed by atoms with van der Waals surface area (Å²) in [5.41, 5.74) is 2.26. The maximum atomic E-state index is 8.99. The Morgan fingerprint density at radius 2 is 2.11 bits per heavy atom. The molecule has 0 aliphatic heterocycles. The van der Waals surface area contributed by atoms with E-state index in [1.54, 1.807) is 6.08 Å². The molecular weight excluding hydrogens is 226 g/mol. The van der Waals surface area contributed by atoms with E-state index in [-0.39, 0.29) is 5.69 Å². The van der Waals surface area contributed by atoms with Crippen LogP contribution in [0.1, 0.15) is 11.3 Å². The van der Waals surface area contributed by atoms with E-state index in [0.717, 1.165) is 11.3 Å². The van der Waals surface area contributed by atoms with Crippen LogP contribution in [0.2, 0.25) is 0 Å². The molecule has 0 fully saturated rings. The third-order valence-electron chi connectivity index (χ3n) is 2.40. The molecule has 0 atom stereocenters. The maximum Gasteiger partial charge on any atom is 0.207 e. The molecule has 0 saturated heterocycles. The fourth-order valence-corrected chi connectivity index (χ4v) is 1.46. The van der Waals surface area contributed by atoms with Crippen LogP contribution in [0.25, 0.3) is 5.69 Å². The largest absolute Gasteiger partial charge is 0.363 e. The first-order chi connectivity index (χ1) is 8.74. The summed E-state index contributed by atoms with van der Waals surface area (Å²) in [7, 11) is 0. The Bertz CT molecular complexity index is 589. The molecule has 1 heterocycles. The summed E-state index contributed by atoms with van der Waals surface area (Å²) in [5.74, 6) is 0.470. The van der Waals surface area contributed by atoms with Crippen molar-refractivity contribution < 1.29 is 0 Å². The standard InChI is InChI=1S/C13H13N5/c1-3-8-15-13-12(9-14)16-18(17-13)11-6-4-10(2)5-7-11/h3-7H,1,8H2,2H3,(H,15,17). The van der Waals surface area contributed by atoms with Gasteiger partial charge in [-0.05, 0) is 19.1 Å². The number of rotatable bonds is 4. The van der Waals surface area contributed by atoms with E-state index in [0.29, 0.717) is 12.4 Å². The zero-order valence-electron chi connectivity index (χ0n) is 10.1. The van der Waals surface area contributed by atoms with Gasteiger partial charge in [0, 0.05) is 6.54 Å². The topological polar surface area (TPSA) is 66.5 Å². The van der Waals surface area contributed by atoms with Crippen LogP contribution in [0.4, 0.5) is 5.82 Å². The predicted octanol–water partition coefficient (Wildman–Crippen LogP) is 2.05. The molecule has 5 heteroatoms. The monoisotopic (exact) mass is 239 g/mol. The quantitative estimate of drug-likeness (QED) is 0.829. The number of aromatic nitrogens is 3. The van der Waals surface area contributed by atoms with Gasteiger partial charge in [0.05, 0.1) is 5.69 Å². The van der Waals surface area contributed by atoms with Gasteiger partial charge in [-0.2, -0.15) is 5.26 Å². The smallest absolute Gasteiger partial charge is 0.207 e. The Morgan fingerprint density at radius 1 is 1.39 bits per heavy atom. The summed E-state index contributed by atoms with van der Waals surface area (Å²) in [6, 6.07) is 9.78. The molecule has 0 bridgehead atoms. The van der Waals surface area contributed by atoms with Crippen molar-refractivity contribution in [3.05, 3.63) is 48.2 Å². The summed E-state index contributed by atoms with van der Waals surface area (Å²) in [4.78, 5) is 1.45. The first-order valence-electron chi connectivity index (χ1n) is 5.54. The van der Waals surface area contributed by atoms with Gasteiger partial charge < -0.3 is 5.32 Å². The second kappa shape index (κ2) is 5.15. The van der Waals surface area contributed by atoms with Crippen molar-refractivity contribution >= 4 is 5.82 Å². The van der Waals surface area contributed by atoms with Gasteiger partial charge in [-0.1, -0.05) is 23.8 Å². The number of hydrogen-bond donors (Lipinski definition) is 1. The fraction of sp³-hybridized carbons (Fsp3) is 0.154. The summed E-state index contributed by atoms with van der Waals surface area (Å²) in [6.07, 6.45) is 1.70. The second-order valence-electron chi connectivity index (χ2n) is 3.80. The molecule has 1 aromatic carbocycles. The number of hydrogen-bond acceptors (Lipinski definition) is 4. The molecule has 5 nitrogen and oxygen atoms in total. The molecule has 90 valence electrons. The van der Waals surface area contributed by atoms with Crippen LogP contribution in [-0.2, 0) is 0 Å². The van der Waals surface area contributed by atoms with E-state index in [4.69, 9.17) is 5.26 Å². The Morgan fingerprint density at radius 3 is 2.72 bits per heavy atom. The highest BCUT2D eigenvalue weighted by Gasteiger charge is 2.10. The zero-order valence-corrected chi connectivity index (χ0v) is 10.1. The maximum absolute atomic E-state index is 8.99. The van der Waals surface area contributed by atoms with Crippen molar-refractivity contribution in [3.63, 3.8) is 0 Å². The molecule has 0 aliphatic rings. The summed E-state index contributed by atoms with van der Waals surface area (Å²) in [5, 5.41) is 20.3. The SMILES string of the molecule is C=CCNc1nn(-c2ccc(C)cc2)nc1C#N. The molecular formula is C13H13N5. The molecule has 0 amide bonds.